The van der Waals surface area contributed by atoms with E-state index in [0.717, 1.165) is 31.7 Å². The Morgan fingerprint density at radius 1 is 0.931 bits per heavy atom. The molecular weight excluding hydrogens is 403 g/mol. The van der Waals surface area contributed by atoms with Crippen LogP contribution in [-0.2, 0) is 10.8 Å². The monoisotopic (exact) mass is 444 g/mol. The molecular formula is C24H42Cl2N2O. The maximum Gasteiger partial charge on any atom is 0.124 e. The quantitative estimate of drug-likeness (QED) is 0.602. The Morgan fingerprint density at radius 3 is 1.97 bits per heavy atom. The Hall–Kier alpha value is -0.480. The summed E-state index contributed by atoms with van der Waals surface area (Å²) in [5, 5.41) is 14.9. The van der Waals surface area contributed by atoms with Gasteiger partial charge in [-0.15, -0.1) is 24.8 Å². The molecule has 1 aliphatic heterocycles. The fourth-order valence-corrected chi connectivity index (χ4v) is 4.87. The van der Waals surface area contributed by atoms with Gasteiger partial charge in [0.15, 0.2) is 0 Å². The van der Waals surface area contributed by atoms with E-state index in [1.54, 1.807) is 0 Å². The number of aromatic hydroxyl groups is 1. The first-order valence-electron chi connectivity index (χ1n) is 10.9. The third kappa shape index (κ3) is 6.03. The Bertz CT molecular complexity index is 652. The molecule has 0 radical (unpaired) electrons. The summed E-state index contributed by atoms with van der Waals surface area (Å²) in [6, 6.07) is 4.93. The summed E-state index contributed by atoms with van der Waals surface area (Å²) in [4.78, 5) is 2.64. The second-order valence-electron chi connectivity index (χ2n) is 10.7. The van der Waals surface area contributed by atoms with Crippen LogP contribution in [0.15, 0.2) is 12.1 Å². The van der Waals surface area contributed by atoms with Crippen LogP contribution in [0.25, 0.3) is 0 Å². The van der Waals surface area contributed by atoms with E-state index < -0.39 is 0 Å². The zero-order valence-electron chi connectivity index (χ0n) is 19.2. The molecule has 3 rings (SSSR count). The predicted octanol–water partition coefficient (Wildman–Crippen LogP) is 5.97. The van der Waals surface area contributed by atoms with Gasteiger partial charge in [-0.25, -0.2) is 0 Å². The van der Waals surface area contributed by atoms with Crippen molar-refractivity contribution in [2.45, 2.75) is 84.1 Å². The highest BCUT2D eigenvalue weighted by Crippen LogP contribution is 2.46. The van der Waals surface area contributed by atoms with Crippen LogP contribution >= 0.6 is 24.8 Å². The first-order chi connectivity index (χ1) is 12.6. The van der Waals surface area contributed by atoms with E-state index in [1.807, 2.05) is 0 Å². The molecule has 1 saturated carbocycles. The molecule has 5 heteroatoms. The Kier molecular flexibility index (Phi) is 9.36. The molecule has 1 heterocycles. The average molecular weight is 446 g/mol. The highest BCUT2D eigenvalue weighted by atomic mass is 35.5. The van der Waals surface area contributed by atoms with E-state index in [9.17, 15) is 5.11 Å². The molecule has 2 aliphatic rings. The number of phenols is 1. The standard InChI is InChI=1S/C24H40N2O.2ClH/c1-23(2,3)18-15-19(22(27)20(16-18)24(4,5)6)21(17-9-7-8-10-17)26-13-11-25-12-14-26;;/h15-17,21,25,27H,7-14H2,1-6H3;2*1H/t21-;;/m0../s1. The highest BCUT2D eigenvalue weighted by molar-refractivity contribution is 5.85. The number of nitrogens with one attached hydrogen (secondary N) is 1. The third-order valence-corrected chi connectivity index (χ3v) is 6.52. The van der Waals surface area contributed by atoms with Gasteiger partial charge in [0, 0.05) is 37.8 Å². The number of piperazine rings is 1. The zero-order chi connectivity index (χ0) is 19.8. The fourth-order valence-electron chi connectivity index (χ4n) is 4.87. The van der Waals surface area contributed by atoms with Gasteiger partial charge < -0.3 is 10.4 Å². The van der Waals surface area contributed by atoms with Crippen LogP contribution in [0.4, 0.5) is 0 Å². The molecule has 0 aromatic heterocycles. The SMILES string of the molecule is CC(C)(C)c1cc([C@H](C2CCCC2)N2CCNCC2)c(O)c(C(C)(C)C)c1.Cl.Cl. The lowest BCUT2D eigenvalue weighted by atomic mass is 9.76. The van der Waals surface area contributed by atoms with Crippen molar-refractivity contribution in [2.75, 3.05) is 26.2 Å². The Morgan fingerprint density at radius 2 is 1.48 bits per heavy atom. The van der Waals surface area contributed by atoms with Crippen LogP contribution in [0.3, 0.4) is 0 Å². The predicted molar refractivity (Wildman–Crippen MR) is 129 cm³/mol. The van der Waals surface area contributed by atoms with Gasteiger partial charge in [0.1, 0.15) is 5.75 Å². The van der Waals surface area contributed by atoms with Crippen molar-refractivity contribution in [3.8, 4) is 5.75 Å². The number of halogens is 2. The topological polar surface area (TPSA) is 35.5 Å². The van der Waals surface area contributed by atoms with Crippen molar-refractivity contribution < 1.29 is 5.11 Å². The molecule has 29 heavy (non-hydrogen) atoms. The third-order valence-electron chi connectivity index (χ3n) is 6.52. The summed E-state index contributed by atoms with van der Waals surface area (Å²) in [5.74, 6) is 1.21. The number of benzene rings is 1. The molecule has 1 aliphatic carbocycles. The van der Waals surface area contributed by atoms with Gasteiger partial charge in [0.05, 0.1) is 0 Å². The van der Waals surface area contributed by atoms with Gasteiger partial charge in [-0.2, -0.15) is 0 Å². The maximum atomic E-state index is 11.4. The van der Waals surface area contributed by atoms with Crippen LogP contribution in [0.2, 0.25) is 0 Å². The molecule has 1 saturated heterocycles. The van der Waals surface area contributed by atoms with Crippen molar-refractivity contribution in [3.05, 3.63) is 28.8 Å². The Labute approximate surface area is 190 Å². The molecule has 0 unspecified atom stereocenters. The lowest BCUT2D eigenvalue weighted by Crippen LogP contribution is -2.46. The summed E-state index contributed by atoms with van der Waals surface area (Å²) in [6.45, 7) is 17.7. The summed E-state index contributed by atoms with van der Waals surface area (Å²) >= 11 is 0. The minimum absolute atomic E-state index is 0. The minimum Gasteiger partial charge on any atom is -0.507 e. The maximum absolute atomic E-state index is 11.4. The van der Waals surface area contributed by atoms with Crippen LogP contribution in [0, 0.1) is 5.92 Å². The number of nitrogens with zero attached hydrogens (tertiary/aromatic N) is 1. The second kappa shape index (κ2) is 10.2. The van der Waals surface area contributed by atoms with E-state index in [0.29, 0.717) is 17.7 Å². The highest BCUT2D eigenvalue weighted by Gasteiger charge is 2.36. The Balaban J connectivity index is 0.00000210. The molecule has 3 nitrogen and oxygen atoms in total. The summed E-state index contributed by atoms with van der Waals surface area (Å²) in [6.07, 6.45) is 5.25. The van der Waals surface area contributed by atoms with Crippen molar-refractivity contribution in [2.24, 2.45) is 5.92 Å². The van der Waals surface area contributed by atoms with Gasteiger partial charge >= 0.3 is 0 Å². The fraction of sp³-hybridized carbons (Fsp3) is 0.750. The zero-order valence-corrected chi connectivity index (χ0v) is 20.8. The molecule has 168 valence electrons. The van der Waals surface area contributed by atoms with Gasteiger partial charge in [-0.05, 0) is 46.8 Å². The molecule has 2 fully saturated rings. The summed E-state index contributed by atoms with van der Waals surface area (Å²) in [5.41, 5.74) is 3.64. The molecule has 1 aromatic rings. The first-order valence-corrected chi connectivity index (χ1v) is 10.9. The number of rotatable bonds is 3. The van der Waals surface area contributed by atoms with E-state index >= 15 is 0 Å². The van der Waals surface area contributed by atoms with Crippen LogP contribution in [0.5, 0.6) is 5.75 Å². The van der Waals surface area contributed by atoms with E-state index in [-0.39, 0.29) is 35.6 Å². The largest absolute Gasteiger partial charge is 0.507 e. The van der Waals surface area contributed by atoms with Crippen molar-refractivity contribution in [1.82, 2.24) is 10.2 Å². The minimum atomic E-state index is -0.0657. The molecule has 1 aromatic carbocycles. The van der Waals surface area contributed by atoms with E-state index in [2.05, 4.69) is 63.9 Å². The summed E-state index contributed by atoms with van der Waals surface area (Å²) < 4.78 is 0. The van der Waals surface area contributed by atoms with Crippen molar-refractivity contribution >= 4 is 24.8 Å². The molecule has 2 N–H and O–H groups in total. The van der Waals surface area contributed by atoms with Gasteiger partial charge in [0.2, 0.25) is 0 Å². The number of hydrogen-bond acceptors (Lipinski definition) is 3. The van der Waals surface area contributed by atoms with Crippen molar-refractivity contribution in [1.29, 1.82) is 0 Å². The smallest absolute Gasteiger partial charge is 0.124 e. The van der Waals surface area contributed by atoms with Gasteiger partial charge in [-0.3, -0.25) is 4.90 Å². The van der Waals surface area contributed by atoms with Gasteiger partial charge in [-0.1, -0.05) is 60.5 Å². The van der Waals surface area contributed by atoms with Gasteiger partial charge in [0.25, 0.3) is 0 Å². The van der Waals surface area contributed by atoms with Crippen LogP contribution < -0.4 is 5.32 Å². The van der Waals surface area contributed by atoms with Crippen LogP contribution in [0.1, 0.15) is 90.0 Å². The lowest BCUT2D eigenvalue weighted by molar-refractivity contribution is 0.123. The van der Waals surface area contributed by atoms with Crippen LogP contribution in [-0.4, -0.2) is 36.2 Å². The average Bonchev–Trinajstić information content (AvgIpc) is 3.09. The normalized spacial score (nSPS) is 20.1. The second-order valence-corrected chi connectivity index (χ2v) is 10.7. The molecule has 0 bridgehead atoms. The van der Waals surface area contributed by atoms with E-state index in [1.165, 1.54) is 36.8 Å². The molecule has 0 amide bonds. The first kappa shape index (κ1) is 26.6. The summed E-state index contributed by atoms with van der Waals surface area (Å²) in [7, 11) is 0. The number of hydrogen-bond donors (Lipinski definition) is 2. The van der Waals surface area contributed by atoms with E-state index in [4.69, 9.17) is 0 Å². The van der Waals surface area contributed by atoms with Crippen molar-refractivity contribution in [3.63, 3.8) is 0 Å². The molecule has 0 spiro atoms. The number of phenolic OH excluding ortho intramolecular Hbond substituents is 1. The lowest BCUT2D eigenvalue weighted by Gasteiger charge is -2.40. The molecule has 1 atom stereocenters.